The summed E-state index contributed by atoms with van der Waals surface area (Å²) in [6.07, 6.45) is 3.28. The summed E-state index contributed by atoms with van der Waals surface area (Å²) in [5, 5.41) is 0.982. The van der Waals surface area contributed by atoms with Crippen LogP contribution < -0.4 is 4.90 Å². The SMILES string of the molecule is CC(C)(C)c1nc(N2CCCC2)nc2ccc(C=O)cc12. The number of benzene rings is 1. The molecule has 2 aromatic rings. The zero-order chi connectivity index (χ0) is 15.0. The van der Waals surface area contributed by atoms with E-state index in [1.165, 1.54) is 12.8 Å². The van der Waals surface area contributed by atoms with Gasteiger partial charge in [0, 0.05) is 29.5 Å². The van der Waals surface area contributed by atoms with Crippen LogP contribution in [0.1, 0.15) is 49.7 Å². The molecule has 0 aliphatic carbocycles. The molecule has 1 aliphatic rings. The molecule has 0 atom stereocenters. The molecule has 0 bridgehead atoms. The fraction of sp³-hybridized carbons (Fsp3) is 0.471. The fourth-order valence-electron chi connectivity index (χ4n) is 2.84. The van der Waals surface area contributed by atoms with Crippen LogP contribution in [0.5, 0.6) is 0 Å². The number of nitrogens with zero attached hydrogens (tertiary/aromatic N) is 3. The Morgan fingerprint density at radius 1 is 1.14 bits per heavy atom. The molecule has 4 nitrogen and oxygen atoms in total. The number of hydrogen-bond donors (Lipinski definition) is 0. The van der Waals surface area contributed by atoms with Crippen LogP contribution in [-0.2, 0) is 5.41 Å². The molecule has 21 heavy (non-hydrogen) atoms. The van der Waals surface area contributed by atoms with Gasteiger partial charge in [-0.25, -0.2) is 9.97 Å². The van der Waals surface area contributed by atoms with Crippen molar-refractivity contribution in [2.24, 2.45) is 0 Å². The average molecular weight is 283 g/mol. The van der Waals surface area contributed by atoms with Crippen LogP contribution in [0.25, 0.3) is 10.9 Å². The molecule has 0 saturated carbocycles. The maximum Gasteiger partial charge on any atom is 0.226 e. The van der Waals surface area contributed by atoms with Crippen molar-refractivity contribution in [3.63, 3.8) is 0 Å². The normalized spacial score (nSPS) is 15.7. The molecular formula is C17H21N3O. The first-order chi connectivity index (χ1) is 9.99. The lowest BCUT2D eigenvalue weighted by Gasteiger charge is -2.23. The van der Waals surface area contributed by atoms with Gasteiger partial charge in [-0.05, 0) is 31.0 Å². The van der Waals surface area contributed by atoms with Gasteiger partial charge in [-0.15, -0.1) is 0 Å². The van der Waals surface area contributed by atoms with Gasteiger partial charge in [0.15, 0.2) is 0 Å². The molecule has 0 amide bonds. The summed E-state index contributed by atoms with van der Waals surface area (Å²) >= 11 is 0. The standard InChI is InChI=1S/C17H21N3O/c1-17(2,3)15-13-10-12(11-21)6-7-14(13)18-16(19-15)20-8-4-5-9-20/h6-7,10-11H,4-5,8-9H2,1-3H3. The summed E-state index contributed by atoms with van der Waals surface area (Å²) in [4.78, 5) is 22.8. The Balaban J connectivity index is 2.23. The lowest BCUT2D eigenvalue weighted by molar-refractivity contribution is 0.112. The highest BCUT2D eigenvalue weighted by molar-refractivity contribution is 5.89. The Bertz CT molecular complexity index is 682. The number of aromatic nitrogens is 2. The summed E-state index contributed by atoms with van der Waals surface area (Å²) in [7, 11) is 0. The third-order valence-corrected chi connectivity index (χ3v) is 3.94. The van der Waals surface area contributed by atoms with Gasteiger partial charge in [0.25, 0.3) is 0 Å². The zero-order valence-corrected chi connectivity index (χ0v) is 12.9. The third kappa shape index (κ3) is 2.62. The van der Waals surface area contributed by atoms with Gasteiger partial charge in [0.05, 0.1) is 11.2 Å². The summed E-state index contributed by atoms with van der Waals surface area (Å²) in [6.45, 7) is 8.51. The molecular weight excluding hydrogens is 262 g/mol. The first kappa shape index (κ1) is 14.0. The van der Waals surface area contributed by atoms with E-state index in [9.17, 15) is 4.79 Å². The van der Waals surface area contributed by atoms with Crippen LogP contribution in [-0.4, -0.2) is 29.3 Å². The van der Waals surface area contributed by atoms with E-state index in [2.05, 4.69) is 25.7 Å². The highest BCUT2D eigenvalue weighted by atomic mass is 16.1. The second-order valence-electron chi connectivity index (χ2n) is 6.71. The molecule has 0 spiro atoms. The minimum atomic E-state index is -0.0861. The molecule has 1 aliphatic heterocycles. The minimum absolute atomic E-state index is 0.0861. The Labute approximate surface area is 125 Å². The van der Waals surface area contributed by atoms with E-state index >= 15 is 0 Å². The Morgan fingerprint density at radius 3 is 2.48 bits per heavy atom. The van der Waals surface area contributed by atoms with Gasteiger partial charge in [0.2, 0.25) is 5.95 Å². The van der Waals surface area contributed by atoms with Gasteiger partial charge in [-0.3, -0.25) is 4.79 Å². The lowest BCUT2D eigenvalue weighted by atomic mass is 9.89. The highest BCUT2D eigenvalue weighted by Crippen LogP contribution is 2.30. The molecule has 1 saturated heterocycles. The lowest BCUT2D eigenvalue weighted by Crippen LogP contribution is -2.23. The van der Waals surface area contributed by atoms with Crippen LogP contribution >= 0.6 is 0 Å². The molecule has 0 radical (unpaired) electrons. The van der Waals surface area contributed by atoms with Crippen LogP contribution in [0.4, 0.5) is 5.95 Å². The predicted molar refractivity (Wildman–Crippen MR) is 85.1 cm³/mol. The van der Waals surface area contributed by atoms with E-state index in [1.807, 2.05) is 18.2 Å². The molecule has 110 valence electrons. The number of anilines is 1. The largest absolute Gasteiger partial charge is 0.341 e. The van der Waals surface area contributed by atoms with Crippen molar-refractivity contribution in [1.82, 2.24) is 9.97 Å². The molecule has 2 heterocycles. The highest BCUT2D eigenvalue weighted by Gasteiger charge is 2.23. The van der Waals surface area contributed by atoms with Gasteiger partial charge >= 0.3 is 0 Å². The number of fused-ring (bicyclic) bond motifs is 1. The van der Waals surface area contributed by atoms with Crippen molar-refractivity contribution in [2.75, 3.05) is 18.0 Å². The molecule has 4 heteroatoms. The Kier molecular flexibility index (Phi) is 3.40. The topological polar surface area (TPSA) is 46.1 Å². The van der Waals surface area contributed by atoms with Crippen LogP contribution in [0.3, 0.4) is 0 Å². The molecule has 0 unspecified atom stereocenters. The van der Waals surface area contributed by atoms with Crippen molar-refractivity contribution in [3.05, 3.63) is 29.5 Å². The summed E-state index contributed by atoms with van der Waals surface area (Å²) in [6, 6.07) is 5.65. The fourth-order valence-corrected chi connectivity index (χ4v) is 2.84. The van der Waals surface area contributed by atoms with Crippen molar-refractivity contribution >= 4 is 23.1 Å². The molecule has 1 aromatic heterocycles. The number of rotatable bonds is 2. The van der Waals surface area contributed by atoms with E-state index in [-0.39, 0.29) is 5.41 Å². The van der Waals surface area contributed by atoms with E-state index in [0.29, 0.717) is 5.56 Å². The minimum Gasteiger partial charge on any atom is -0.341 e. The first-order valence-electron chi connectivity index (χ1n) is 7.51. The zero-order valence-electron chi connectivity index (χ0n) is 12.9. The number of aldehydes is 1. The second kappa shape index (κ2) is 5.10. The summed E-state index contributed by atoms with van der Waals surface area (Å²) < 4.78 is 0. The number of carbonyl (C=O) groups excluding carboxylic acids is 1. The van der Waals surface area contributed by atoms with E-state index in [1.54, 1.807) is 0 Å². The second-order valence-corrected chi connectivity index (χ2v) is 6.71. The third-order valence-electron chi connectivity index (χ3n) is 3.94. The number of carbonyl (C=O) groups is 1. The van der Waals surface area contributed by atoms with E-state index in [4.69, 9.17) is 9.97 Å². The molecule has 0 N–H and O–H groups in total. The maximum absolute atomic E-state index is 11.0. The predicted octanol–water partition coefficient (Wildman–Crippen LogP) is 3.34. The maximum atomic E-state index is 11.0. The van der Waals surface area contributed by atoms with Gasteiger partial charge in [0.1, 0.15) is 6.29 Å². The smallest absolute Gasteiger partial charge is 0.226 e. The van der Waals surface area contributed by atoms with Gasteiger partial charge < -0.3 is 4.90 Å². The van der Waals surface area contributed by atoms with Gasteiger partial charge in [-0.1, -0.05) is 20.8 Å². The van der Waals surface area contributed by atoms with E-state index < -0.39 is 0 Å². The van der Waals surface area contributed by atoms with Crippen LogP contribution in [0.2, 0.25) is 0 Å². The molecule has 1 fully saturated rings. The van der Waals surface area contributed by atoms with Crippen LogP contribution in [0, 0.1) is 0 Å². The van der Waals surface area contributed by atoms with Crippen molar-refractivity contribution in [1.29, 1.82) is 0 Å². The van der Waals surface area contributed by atoms with E-state index in [0.717, 1.165) is 41.9 Å². The average Bonchev–Trinajstić information content (AvgIpc) is 2.98. The number of hydrogen-bond acceptors (Lipinski definition) is 4. The van der Waals surface area contributed by atoms with Gasteiger partial charge in [-0.2, -0.15) is 0 Å². The summed E-state index contributed by atoms with van der Waals surface area (Å²) in [5.74, 6) is 0.823. The Hall–Kier alpha value is -1.97. The monoisotopic (exact) mass is 283 g/mol. The molecule has 1 aromatic carbocycles. The van der Waals surface area contributed by atoms with Crippen molar-refractivity contribution < 1.29 is 4.79 Å². The summed E-state index contributed by atoms with van der Waals surface area (Å²) in [5.41, 5.74) is 2.52. The quantitative estimate of drug-likeness (QED) is 0.793. The van der Waals surface area contributed by atoms with Crippen molar-refractivity contribution in [3.8, 4) is 0 Å². The first-order valence-corrected chi connectivity index (χ1v) is 7.51. The Morgan fingerprint density at radius 2 is 1.86 bits per heavy atom. The molecule has 3 rings (SSSR count). The van der Waals surface area contributed by atoms with Crippen molar-refractivity contribution in [2.45, 2.75) is 39.0 Å². The van der Waals surface area contributed by atoms with Crippen LogP contribution in [0.15, 0.2) is 18.2 Å².